The number of para-hydroxylation sites is 2. The maximum Gasteiger partial charge on any atom is 0.265 e. The third-order valence-electron chi connectivity index (χ3n) is 3.45. The number of anilines is 2. The zero-order valence-electron chi connectivity index (χ0n) is 14.5. The van der Waals surface area contributed by atoms with Crippen molar-refractivity contribution < 1.29 is 19.1 Å². The van der Waals surface area contributed by atoms with E-state index in [1.165, 1.54) is 6.92 Å². The van der Waals surface area contributed by atoms with Crippen LogP contribution in [0.5, 0.6) is 11.5 Å². The first kappa shape index (κ1) is 18.3. The summed E-state index contributed by atoms with van der Waals surface area (Å²) in [7, 11) is 1.55. The van der Waals surface area contributed by atoms with Gasteiger partial charge in [-0.15, -0.1) is 0 Å². The van der Waals surface area contributed by atoms with E-state index in [0.29, 0.717) is 29.3 Å². The van der Waals surface area contributed by atoms with Gasteiger partial charge in [0.05, 0.1) is 7.11 Å². The lowest BCUT2D eigenvalue weighted by molar-refractivity contribution is -0.122. The number of rotatable bonds is 7. The predicted molar refractivity (Wildman–Crippen MR) is 97.1 cm³/mol. The molecule has 25 heavy (non-hydrogen) atoms. The van der Waals surface area contributed by atoms with Crippen LogP contribution < -0.4 is 20.1 Å². The molecular formula is C19H22N2O4. The number of hydrogen-bond acceptors (Lipinski definition) is 4. The minimum absolute atomic E-state index is 0.172. The normalized spacial score (nSPS) is 11.3. The Labute approximate surface area is 147 Å². The molecule has 132 valence electrons. The molecule has 0 aliphatic carbocycles. The highest BCUT2D eigenvalue weighted by Gasteiger charge is 2.20. The molecule has 0 saturated carbocycles. The van der Waals surface area contributed by atoms with Gasteiger partial charge in [0.2, 0.25) is 5.91 Å². The van der Waals surface area contributed by atoms with Crippen molar-refractivity contribution in [2.75, 3.05) is 17.7 Å². The number of benzene rings is 2. The van der Waals surface area contributed by atoms with E-state index in [1.54, 1.807) is 43.5 Å². The van der Waals surface area contributed by atoms with Crippen molar-refractivity contribution >= 4 is 23.2 Å². The van der Waals surface area contributed by atoms with Crippen LogP contribution in [-0.4, -0.2) is 25.0 Å². The Kier molecular flexibility index (Phi) is 6.39. The van der Waals surface area contributed by atoms with Gasteiger partial charge in [0.25, 0.3) is 5.91 Å². The van der Waals surface area contributed by atoms with Gasteiger partial charge in [-0.1, -0.05) is 25.1 Å². The molecule has 0 heterocycles. The summed E-state index contributed by atoms with van der Waals surface area (Å²) >= 11 is 0. The second-order valence-corrected chi connectivity index (χ2v) is 5.42. The lowest BCUT2D eigenvalue weighted by Crippen LogP contribution is -2.32. The number of carbonyl (C=O) groups is 2. The molecule has 2 amide bonds. The lowest BCUT2D eigenvalue weighted by Gasteiger charge is -2.19. The predicted octanol–water partition coefficient (Wildman–Crippen LogP) is 3.45. The molecule has 2 N–H and O–H groups in total. The third kappa shape index (κ3) is 5.24. The molecule has 2 rings (SSSR count). The van der Waals surface area contributed by atoms with Gasteiger partial charge < -0.3 is 20.1 Å². The summed E-state index contributed by atoms with van der Waals surface area (Å²) in [6.07, 6.45) is -0.171. The van der Waals surface area contributed by atoms with Crippen LogP contribution in [0.4, 0.5) is 11.4 Å². The SMILES string of the molecule is CCC(Oc1ccccc1OC)C(=O)Nc1cccc(NC(C)=O)c1. The Hall–Kier alpha value is -3.02. The molecule has 0 bridgehead atoms. The molecule has 6 heteroatoms. The summed E-state index contributed by atoms with van der Waals surface area (Å²) < 4.78 is 11.1. The molecule has 2 aromatic carbocycles. The minimum atomic E-state index is -0.666. The number of ether oxygens (including phenoxy) is 2. The Morgan fingerprint density at radius 1 is 1.00 bits per heavy atom. The van der Waals surface area contributed by atoms with E-state index in [0.717, 1.165) is 0 Å². The van der Waals surface area contributed by atoms with Crippen molar-refractivity contribution in [2.24, 2.45) is 0 Å². The quantitative estimate of drug-likeness (QED) is 0.808. The Morgan fingerprint density at radius 2 is 1.64 bits per heavy atom. The molecule has 0 saturated heterocycles. The Morgan fingerprint density at radius 3 is 2.24 bits per heavy atom. The summed E-state index contributed by atoms with van der Waals surface area (Å²) in [6, 6.07) is 14.1. The molecule has 6 nitrogen and oxygen atoms in total. The first-order valence-electron chi connectivity index (χ1n) is 8.01. The van der Waals surface area contributed by atoms with Crippen LogP contribution in [0.25, 0.3) is 0 Å². The van der Waals surface area contributed by atoms with Crippen LogP contribution in [0.3, 0.4) is 0 Å². The van der Waals surface area contributed by atoms with E-state index < -0.39 is 6.10 Å². The number of methoxy groups -OCH3 is 1. The van der Waals surface area contributed by atoms with Gasteiger partial charge in [-0.3, -0.25) is 9.59 Å². The highest BCUT2D eigenvalue weighted by atomic mass is 16.5. The molecule has 0 spiro atoms. The molecule has 1 atom stereocenters. The zero-order valence-corrected chi connectivity index (χ0v) is 14.5. The van der Waals surface area contributed by atoms with Crippen molar-refractivity contribution in [2.45, 2.75) is 26.4 Å². The van der Waals surface area contributed by atoms with Crippen molar-refractivity contribution in [3.8, 4) is 11.5 Å². The fraction of sp³-hybridized carbons (Fsp3) is 0.263. The van der Waals surface area contributed by atoms with Gasteiger partial charge in [0, 0.05) is 18.3 Å². The first-order valence-corrected chi connectivity index (χ1v) is 8.01. The summed E-state index contributed by atoms with van der Waals surface area (Å²) in [5, 5.41) is 5.49. The molecule has 0 aliphatic rings. The molecule has 0 aliphatic heterocycles. The van der Waals surface area contributed by atoms with E-state index in [-0.39, 0.29) is 11.8 Å². The van der Waals surface area contributed by atoms with Gasteiger partial charge >= 0.3 is 0 Å². The maximum absolute atomic E-state index is 12.5. The van der Waals surface area contributed by atoms with Crippen LogP contribution in [0.1, 0.15) is 20.3 Å². The first-order chi connectivity index (χ1) is 12.0. The highest BCUT2D eigenvalue weighted by Crippen LogP contribution is 2.27. The second-order valence-electron chi connectivity index (χ2n) is 5.42. The third-order valence-corrected chi connectivity index (χ3v) is 3.45. The van der Waals surface area contributed by atoms with Crippen molar-refractivity contribution in [1.29, 1.82) is 0 Å². The minimum Gasteiger partial charge on any atom is -0.493 e. The molecule has 0 radical (unpaired) electrons. The average Bonchev–Trinajstić information content (AvgIpc) is 2.59. The summed E-state index contributed by atoms with van der Waals surface area (Å²) in [6.45, 7) is 3.30. The summed E-state index contributed by atoms with van der Waals surface area (Å²) in [5.74, 6) is 0.642. The van der Waals surface area contributed by atoms with Gasteiger partial charge in [0.15, 0.2) is 17.6 Å². The van der Waals surface area contributed by atoms with Crippen LogP contribution in [-0.2, 0) is 9.59 Å². The molecular weight excluding hydrogens is 320 g/mol. The monoisotopic (exact) mass is 342 g/mol. The van der Waals surface area contributed by atoms with E-state index in [4.69, 9.17) is 9.47 Å². The fourth-order valence-corrected chi connectivity index (χ4v) is 2.29. The van der Waals surface area contributed by atoms with Crippen LogP contribution in [0.15, 0.2) is 48.5 Å². The van der Waals surface area contributed by atoms with Gasteiger partial charge in [-0.25, -0.2) is 0 Å². The van der Waals surface area contributed by atoms with Gasteiger partial charge in [0.1, 0.15) is 0 Å². The van der Waals surface area contributed by atoms with E-state index >= 15 is 0 Å². The van der Waals surface area contributed by atoms with Gasteiger partial charge in [-0.2, -0.15) is 0 Å². The highest BCUT2D eigenvalue weighted by molar-refractivity contribution is 5.95. The van der Waals surface area contributed by atoms with Crippen LogP contribution >= 0.6 is 0 Å². The van der Waals surface area contributed by atoms with Crippen LogP contribution in [0.2, 0.25) is 0 Å². The Balaban J connectivity index is 2.08. The number of nitrogens with one attached hydrogen (secondary N) is 2. The van der Waals surface area contributed by atoms with Crippen molar-refractivity contribution in [3.63, 3.8) is 0 Å². The molecule has 0 fully saturated rings. The summed E-state index contributed by atoms with van der Waals surface area (Å²) in [5.41, 5.74) is 1.20. The van der Waals surface area contributed by atoms with E-state index in [9.17, 15) is 9.59 Å². The maximum atomic E-state index is 12.5. The number of amides is 2. The smallest absolute Gasteiger partial charge is 0.265 e. The van der Waals surface area contributed by atoms with Crippen LogP contribution in [0, 0.1) is 0 Å². The average molecular weight is 342 g/mol. The largest absolute Gasteiger partial charge is 0.493 e. The van der Waals surface area contributed by atoms with E-state index in [2.05, 4.69) is 10.6 Å². The second kappa shape index (κ2) is 8.73. The van der Waals surface area contributed by atoms with E-state index in [1.807, 2.05) is 19.1 Å². The standard InChI is InChI=1S/C19H22N2O4/c1-4-16(25-18-11-6-5-10-17(18)24-3)19(23)21-15-9-7-8-14(12-15)20-13(2)22/h5-12,16H,4H2,1-3H3,(H,20,22)(H,21,23). The summed E-state index contributed by atoms with van der Waals surface area (Å²) in [4.78, 5) is 23.7. The fourth-order valence-electron chi connectivity index (χ4n) is 2.29. The molecule has 2 aromatic rings. The topological polar surface area (TPSA) is 76.7 Å². The van der Waals surface area contributed by atoms with Gasteiger partial charge in [-0.05, 0) is 36.8 Å². The van der Waals surface area contributed by atoms with Crippen molar-refractivity contribution in [3.05, 3.63) is 48.5 Å². The molecule has 1 unspecified atom stereocenters. The number of hydrogen-bond donors (Lipinski definition) is 2. The molecule has 0 aromatic heterocycles. The Bertz CT molecular complexity index is 746. The number of carbonyl (C=O) groups excluding carboxylic acids is 2. The zero-order chi connectivity index (χ0) is 18.2. The lowest BCUT2D eigenvalue weighted by atomic mass is 10.2. The van der Waals surface area contributed by atoms with Crippen molar-refractivity contribution in [1.82, 2.24) is 0 Å².